The van der Waals surface area contributed by atoms with Gasteiger partial charge in [0.15, 0.2) is 0 Å². The maximum Gasteiger partial charge on any atom is 0.150 e. The molecule has 0 amide bonds. The molecule has 0 saturated heterocycles. The summed E-state index contributed by atoms with van der Waals surface area (Å²) in [5.41, 5.74) is 7.27. The quantitative estimate of drug-likeness (QED) is 0.489. The van der Waals surface area contributed by atoms with Crippen molar-refractivity contribution in [2.24, 2.45) is 0 Å². The van der Waals surface area contributed by atoms with Gasteiger partial charge < -0.3 is 4.98 Å². The number of carbonyl (C=O) groups excluding carboxylic acids is 1. The minimum Gasteiger partial charge on any atom is -0.354 e. The largest absolute Gasteiger partial charge is 0.354 e. The first-order valence-electron chi connectivity index (χ1n) is 8.00. The van der Waals surface area contributed by atoms with Crippen LogP contribution in [0.15, 0.2) is 72.8 Å². The highest BCUT2D eigenvalue weighted by molar-refractivity contribution is 6.05. The van der Waals surface area contributed by atoms with E-state index >= 15 is 0 Å². The molecule has 0 unspecified atom stereocenters. The summed E-state index contributed by atoms with van der Waals surface area (Å²) in [4.78, 5) is 14.8. The van der Waals surface area contributed by atoms with Crippen LogP contribution < -0.4 is 0 Å². The van der Waals surface area contributed by atoms with Crippen LogP contribution in [0.5, 0.6) is 0 Å². The van der Waals surface area contributed by atoms with Gasteiger partial charge >= 0.3 is 0 Å². The summed E-state index contributed by atoms with van der Waals surface area (Å²) in [6, 6.07) is 24.7. The molecule has 0 aliphatic rings. The summed E-state index contributed by atoms with van der Waals surface area (Å²) in [5.74, 6) is 0. The van der Waals surface area contributed by atoms with Crippen LogP contribution in [0.3, 0.4) is 0 Å². The van der Waals surface area contributed by atoms with Crippen LogP contribution in [0, 0.1) is 6.92 Å². The van der Waals surface area contributed by atoms with Gasteiger partial charge in [0.1, 0.15) is 6.29 Å². The second-order valence-electron chi connectivity index (χ2n) is 5.98. The molecule has 1 aromatic heterocycles. The Hall–Kier alpha value is -3.13. The van der Waals surface area contributed by atoms with E-state index in [1.165, 1.54) is 11.1 Å². The van der Waals surface area contributed by atoms with Gasteiger partial charge in [0.05, 0.1) is 5.69 Å². The molecule has 1 N–H and O–H groups in total. The molecule has 0 atom stereocenters. The molecular formula is C22H17NO. The molecule has 0 spiro atoms. The zero-order valence-corrected chi connectivity index (χ0v) is 13.4. The molecule has 24 heavy (non-hydrogen) atoms. The molecule has 0 bridgehead atoms. The molecule has 0 fully saturated rings. The van der Waals surface area contributed by atoms with E-state index < -0.39 is 0 Å². The van der Waals surface area contributed by atoms with Gasteiger partial charge in [0.25, 0.3) is 0 Å². The predicted molar refractivity (Wildman–Crippen MR) is 99.3 cm³/mol. The summed E-state index contributed by atoms with van der Waals surface area (Å²) in [7, 11) is 0. The lowest BCUT2D eigenvalue weighted by molar-refractivity contribution is 0.112. The number of hydrogen-bond donors (Lipinski definition) is 1. The van der Waals surface area contributed by atoms with Crippen molar-refractivity contribution in [2.45, 2.75) is 6.92 Å². The second kappa shape index (κ2) is 5.82. The third-order valence-corrected chi connectivity index (χ3v) is 4.44. The highest BCUT2D eigenvalue weighted by Gasteiger charge is 2.16. The lowest BCUT2D eigenvalue weighted by Crippen LogP contribution is -1.86. The van der Waals surface area contributed by atoms with Crippen LogP contribution in [0.4, 0.5) is 0 Å². The van der Waals surface area contributed by atoms with Crippen LogP contribution in [0.25, 0.3) is 33.3 Å². The standard InChI is InChI=1S/C22H17NO/c1-15-12-19-20(13-18(15)14-24)23-22(17-10-6-3-7-11-17)21(19)16-8-4-2-5-9-16/h2-14,23H,1H3. The molecule has 1 heterocycles. The van der Waals surface area contributed by atoms with Gasteiger partial charge in [-0.3, -0.25) is 4.79 Å². The average Bonchev–Trinajstić information content (AvgIpc) is 3.00. The van der Waals surface area contributed by atoms with Crippen molar-refractivity contribution in [3.05, 3.63) is 83.9 Å². The van der Waals surface area contributed by atoms with Crippen molar-refractivity contribution in [2.75, 3.05) is 0 Å². The second-order valence-corrected chi connectivity index (χ2v) is 5.98. The van der Waals surface area contributed by atoms with Crippen molar-refractivity contribution >= 4 is 17.2 Å². The monoisotopic (exact) mass is 311 g/mol. The topological polar surface area (TPSA) is 32.9 Å². The first-order chi connectivity index (χ1) is 11.8. The van der Waals surface area contributed by atoms with Crippen LogP contribution in [0.1, 0.15) is 15.9 Å². The average molecular weight is 311 g/mol. The van der Waals surface area contributed by atoms with Gasteiger partial charge in [-0.25, -0.2) is 0 Å². The number of aldehydes is 1. The summed E-state index contributed by atoms with van der Waals surface area (Å²) in [6.07, 6.45) is 0.917. The Morgan fingerprint density at radius 2 is 1.46 bits per heavy atom. The zero-order valence-electron chi connectivity index (χ0n) is 13.4. The summed E-state index contributed by atoms with van der Waals surface area (Å²) in [5, 5.41) is 1.14. The molecule has 3 aromatic carbocycles. The maximum atomic E-state index is 11.3. The number of aromatic amines is 1. The van der Waals surface area contributed by atoms with Gasteiger partial charge in [-0.2, -0.15) is 0 Å². The molecule has 4 rings (SSSR count). The maximum absolute atomic E-state index is 11.3. The number of carbonyl (C=O) groups is 1. The third kappa shape index (κ3) is 2.33. The predicted octanol–water partition coefficient (Wildman–Crippen LogP) is 5.62. The summed E-state index contributed by atoms with van der Waals surface area (Å²) < 4.78 is 0. The van der Waals surface area contributed by atoms with Crippen molar-refractivity contribution in [1.29, 1.82) is 0 Å². The Balaban J connectivity index is 2.09. The van der Waals surface area contributed by atoms with Crippen molar-refractivity contribution in [3.8, 4) is 22.4 Å². The number of benzene rings is 3. The Morgan fingerprint density at radius 1 is 0.833 bits per heavy atom. The number of nitrogens with one attached hydrogen (secondary N) is 1. The Morgan fingerprint density at radius 3 is 2.08 bits per heavy atom. The van der Waals surface area contributed by atoms with Crippen molar-refractivity contribution in [1.82, 2.24) is 4.98 Å². The molecule has 0 aliphatic heterocycles. The number of fused-ring (bicyclic) bond motifs is 1. The number of rotatable bonds is 3. The Kier molecular flexibility index (Phi) is 3.51. The van der Waals surface area contributed by atoms with Crippen LogP contribution in [-0.2, 0) is 0 Å². The minimum atomic E-state index is 0.725. The van der Waals surface area contributed by atoms with E-state index in [-0.39, 0.29) is 0 Å². The van der Waals surface area contributed by atoms with Gasteiger partial charge in [-0.15, -0.1) is 0 Å². The van der Waals surface area contributed by atoms with Gasteiger partial charge in [-0.1, -0.05) is 60.7 Å². The van der Waals surface area contributed by atoms with Gasteiger partial charge in [-0.05, 0) is 35.7 Å². The number of H-pyrrole nitrogens is 1. The van der Waals surface area contributed by atoms with Crippen LogP contribution in [-0.4, -0.2) is 11.3 Å². The number of aryl methyl sites for hydroxylation is 1. The van der Waals surface area contributed by atoms with E-state index in [1.807, 2.05) is 37.3 Å². The fourth-order valence-corrected chi connectivity index (χ4v) is 3.22. The van der Waals surface area contributed by atoms with Gasteiger partial charge in [0.2, 0.25) is 0 Å². The minimum absolute atomic E-state index is 0.725. The highest BCUT2D eigenvalue weighted by Crippen LogP contribution is 2.38. The molecular weight excluding hydrogens is 294 g/mol. The van der Waals surface area contributed by atoms with E-state index in [0.717, 1.165) is 39.6 Å². The number of hydrogen-bond acceptors (Lipinski definition) is 1. The van der Waals surface area contributed by atoms with E-state index in [1.54, 1.807) is 0 Å². The molecule has 0 saturated carbocycles. The van der Waals surface area contributed by atoms with Crippen LogP contribution in [0.2, 0.25) is 0 Å². The summed E-state index contributed by atoms with van der Waals surface area (Å²) in [6.45, 7) is 1.98. The molecule has 0 radical (unpaired) electrons. The molecule has 2 heteroatoms. The Labute approximate surface area is 140 Å². The lowest BCUT2D eigenvalue weighted by atomic mass is 9.97. The van der Waals surface area contributed by atoms with E-state index in [4.69, 9.17) is 0 Å². The third-order valence-electron chi connectivity index (χ3n) is 4.44. The summed E-state index contributed by atoms with van der Waals surface area (Å²) >= 11 is 0. The van der Waals surface area contributed by atoms with E-state index in [0.29, 0.717) is 0 Å². The SMILES string of the molecule is Cc1cc2c(-c3ccccc3)c(-c3ccccc3)[nH]c2cc1C=O. The van der Waals surface area contributed by atoms with E-state index in [9.17, 15) is 4.79 Å². The highest BCUT2D eigenvalue weighted by atomic mass is 16.1. The molecule has 0 aliphatic carbocycles. The molecule has 4 aromatic rings. The molecule has 116 valence electrons. The smallest absolute Gasteiger partial charge is 0.150 e. The van der Waals surface area contributed by atoms with E-state index in [2.05, 4.69) is 47.4 Å². The number of aromatic nitrogens is 1. The molecule has 2 nitrogen and oxygen atoms in total. The zero-order chi connectivity index (χ0) is 16.5. The fraction of sp³-hybridized carbons (Fsp3) is 0.0455. The van der Waals surface area contributed by atoms with Crippen LogP contribution >= 0.6 is 0 Å². The lowest BCUT2D eigenvalue weighted by Gasteiger charge is -2.06. The first-order valence-corrected chi connectivity index (χ1v) is 8.00. The normalized spacial score (nSPS) is 10.9. The van der Waals surface area contributed by atoms with Crippen molar-refractivity contribution < 1.29 is 4.79 Å². The Bertz CT molecular complexity index is 1010. The first kappa shape index (κ1) is 14.5. The van der Waals surface area contributed by atoms with Crippen molar-refractivity contribution in [3.63, 3.8) is 0 Å². The fourth-order valence-electron chi connectivity index (χ4n) is 3.22. The van der Waals surface area contributed by atoms with Gasteiger partial charge in [0, 0.05) is 22.0 Å².